The van der Waals surface area contributed by atoms with Crippen LogP contribution in [0.2, 0.25) is 0 Å². The Bertz CT molecular complexity index is 1230. The van der Waals surface area contributed by atoms with E-state index in [2.05, 4.69) is 13.8 Å². The normalized spacial score (nSPS) is 17.6. The highest BCUT2D eigenvalue weighted by Gasteiger charge is 2.36. The molecular weight excluding hydrogens is 985 g/mol. The molecule has 0 aromatic rings. The lowest BCUT2D eigenvalue weighted by Gasteiger charge is -2.19. The highest BCUT2D eigenvalue weighted by atomic mass is 16.4. The lowest BCUT2D eigenvalue weighted by molar-refractivity contribution is -0.146. The third kappa shape index (κ3) is 53.4. The first-order valence-corrected chi connectivity index (χ1v) is 39.0. The number of unbranched alkanes of at least 4 members (excludes halogenated alkanes) is 57. The van der Waals surface area contributed by atoms with Gasteiger partial charge in [0.1, 0.15) is 0 Å². The van der Waals surface area contributed by atoms with Gasteiger partial charge in [-0.3, -0.25) is 4.79 Å². The summed E-state index contributed by atoms with van der Waals surface area (Å²) in [5.41, 5.74) is 0. The second kappa shape index (κ2) is 61.1. The van der Waals surface area contributed by atoms with Crippen molar-refractivity contribution in [1.82, 2.24) is 0 Å². The van der Waals surface area contributed by atoms with Gasteiger partial charge in [-0.15, -0.1) is 0 Å². The second-order valence-electron chi connectivity index (χ2n) is 28.6. The Kier molecular flexibility index (Phi) is 57.7. The van der Waals surface area contributed by atoms with E-state index in [1.165, 1.54) is 379 Å². The summed E-state index contributed by atoms with van der Waals surface area (Å²) in [6.07, 6.45) is 96.0. The molecule has 482 valence electrons. The summed E-state index contributed by atoms with van der Waals surface area (Å²) < 4.78 is 0. The molecule has 0 radical (unpaired) electrons. The van der Waals surface area contributed by atoms with Gasteiger partial charge >= 0.3 is 5.97 Å². The topological polar surface area (TPSA) is 57.5 Å². The van der Waals surface area contributed by atoms with E-state index in [-0.39, 0.29) is 0 Å². The molecule has 0 saturated heterocycles. The number of hydrogen-bond acceptors (Lipinski definition) is 2. The van der Waals surface area contributed by atoms with Gasteiger partial charge in [-0.2, -0.15) is 0 Å². The molecule has 0 heterocycles. The first kappa shape index (κ1) is 76.5. The molecule has 0 aliphatic heterocycles. The minimum Gasteiger partial charge on any atom is -0.481 e. The number of carbonyl (C=O) groups is 1. The second-order valence-corrected chi connectivity index (χ2v) is 28.6. The fourth-order valence-electron chi connectivity index (χ4n) is 14.6. The van der Waals surface area contributed by atoms with Crippen molar-refractivity contribution in [3.63, 3.8) is 0 Å². The third-order valence-electron chi connectivity index (χ3n) is 20.7. The van der Waals surface area contributed by atoms with Gasteiger partial charge in [-0.1, -0.05) is 431 Å². The van der Waals surface area contributed by atoms with Gasteiger partial charge in [0.05, 0.1) is 12.0 Å². The predicted octanol–water partition coefficient (Wildman–Crippen LogP) is 27.5. The van der Waals surface area contributed by atoms with Crippen molar-refractivity contribution in [1.29, 1.82) is 0 Å². The summed E-state index contributed by atoms with van der Waals surface area (Å²) in [6.45, 7) is 4.61. The van der Waals surface area contributed by atoms with E-state index in [9.17, 15) is 15.0 Å². The first-order chi connectivity index (χ1) is 40.1. The van der Waals surface area contributed by atoms with E-state index in [1.54, 1.807) is 25.7 Å². The quantitative estimate of drug-likeness (QED) is 0.0597. The molecular formula is C78H152O3. The van der Waals surface area contributed by atoms with E-state index in [0.29, 0.717) is 12.8 Å². The molecule has 0 bridgehead atoms. The van der Waals surface area contributed by atoms with Crippen LogP contribution in [0.3, 0.4) is 0 Å². The largest absolute Gasteiger partial charge is 0.481 e. The van der Waals surface area contributed by atoms with E-state index in [1.807, 2.05) is 0 Å². The number of carboxylic acid groups (broad SMARTS) is 1. The summed E-state index contributed by atoms with van der Waals surface area (Å²) in [5.74, 6) is 3.05. The summed E-state index contributed by atoms with van der Waals surface area (Å²) in [5, 5.41) is 20.6. The Morgan fingerprint density at radius 3 is 0.605 bits per heavy atom. The molecule has 3 heteroatoms. The highest BCUT2D eigenvalue weighted by Crippen LogP contribution is 2.47. The zero-order valence-corrected chi connectivity index (χ0v) is 56.1. The van der Waals surface area contributed by atoms with E-state index in [4.69, 9.17) is 0 Å². The fourth-order valence-corrected chi connectivity index (χ4v) is 14.6. The van der Waals surface area contributed by atoms with Crippen molar-refractivity contribution >= 4 is 5.97 Å². The van der Waals surface area contributed by atoms with Crippen LogP contribution in [0.15, 0.2) is 0 Å². The SMILES string of the molecule is CCCCCCCCCCCCCCCCCCCCCCCC[C@@H](C(=O)O)[C@H](O)CCCCCCCCCCCCCCCCCC1CC1CCCCCCCCCCC1CC1CCCCCCCCCCCCCCCCCC. The molecule has 4 unspecified atom stereocenters. The lowest BCUT2D eigenvalue weighted by atomic mass is 9.91. The van der Waals surface area contributed by atoms with Crippen LogP contribution in [0.1, 0.15) is 457 Å². The average Bonchev–Trinajstić information content (AvgIpc) is 4.43. The van der Waals surface area contributed by atoms with Crippen molar-refractivity contribution < 1.29 is 15.0 Å². The summed E-state index contributed by atoms with van der Waals surface area (Å²) in [6, 6.07) is 0. The predicted molar refractivity (Wildman–Crippen MR) is 361 cm³/mol. The molecule has 2 fully saturated rings. The lowest BCUT2D eigenvalue weighted by Crippen LogP contribution is -2.28. The van der Waals surface area contributed by atoms with E-state index >= 15 is 0 Å². The van der Waals surface area contributed by atoms with Crippen molar-refractivity contribution in [3.05, 3.63) is 0 Å². The number of carboxylic acids is 1. The van der Waals surface area contributed by atoms with Gasteiger partial charge in [-0.05, 0) is 49.4 Å². The van der Waals surface area contributed by atoms with Crippen LogP contribution < -0.4 is 0 Å². The molecule has 0 amide bonds. The monoisotopic (exact) mass is 1140 g/mol. The van der Waals surface area contributed by atoms with Gasteiger partial charge in [0.15, 0.2) is 0 Å². The molecule has 2 saturated carbocycles. The fraction of sp³-hybridized carbons (Fsp3) is 0.987. The Balaban J connectivity index is 1.19. The average molecular weight is 1140 g/mol. The van der Waals surface area contributed by atoms with Crippen LogP contribution in [-0.2, 0) is 4.79 Å². The highest BCUT2D eigenvalue weighted by molar-refractivity contribution is 5.70. The van der Waals surface area contributed by atoms with Gasteiger partial charge in [-0.25, -0.2) is 0 Å². The van der Waals surface area contributed by atoms with Crippen molar-refractivity contribution in [2.45, 2.75) is 463 Å². The van der Waals surface area contributed by atoms with Crippen LogP contribution in [0.5, 0.6) is 0 Å². The molecule has 0 aromatic heterocycles. The third-order valence-corrected chi connectivity index (χ3v) is 20.7. The van der Waals surface area contributed by atoms with Crippen LogP contribution in [-0.4, -0.2) is 22.3 Å². The van der Waals surface area contributed by atoms with Gasteiger partial charge in [0, 0.05) is 0 Å². The Morgan fingerprint density at radius 2 is 0.420 bits per heavy atom. The van der Waals surface area contributed by atoms with Crippen molar-refractivity contribution in [2.75, 3.05) is 0 Å². The first-order valence-electron chi connectivity index (χ1n) is 39.0. The van der Waals surface area contributed by atoms with Gasteiger partial charge in [0.2, 0.25) is 0 Å². The Morgan fingerprint density at radius 1 is 0.259 bits per heavy atom. The molecule has 0 spiro atoms. The molecule has 2 rings (SSSR count). The number of hydrogen-bond donors (Lipinski definition) is 2. The van der Waals surface area contributed by atoms with Crippen molar-refractivity contribution in [2.24, 2.45) is 29.6 Å². The number of rotatable bonds is 71. The Labute approximate surface area is 511 Å². The summed E-state index contributed by atoms with van der Waals surface area (Å²) in [7, 11) is 0. The van der Waals surface area contributed by atoms with Crippen LogP contribution in [0, 0.1) is 29.6 Å². The van der Waals surface area contributed by atoms with Gasteiger partial charge < -0.3 is 10.2 Å². The van der Waals surface area contributed by atoms with Crippen LogP contribution in [0.25, 0.3) is 0 Å². The van der Waals surface area contributed by atoms with Crippen LogP contribution in [0.4, 0.5) is 0 Å². The maximum atomic E-state index is 12.0. The smallest absolute Gasteiger partial charge is 0.309 e. The number of aliphatic hydroxyl groups excluding tert-OH is 1. The summed E-state index contributed by atoms with van der Waals surface area (Å²) in [4.78, 5) is 12.0. The molecule has 2 N–H and O–H groups in total. The molecule has 81 heavy (non-hydrogen) atoms. The summed E-state index contributed by atoms with van der Waals surface area (Å²) >= 11 is 0. The molecule has 0 aromatic carbocycles. The molecule has 2 aliphatic carbocycles. The maximum Gasteiger partial charge on any atom is 0.309 e. The van der Waals surface area contributed by atoms with Crippen LogP contribution >= 0.6 is 0 Å². The van der Waals surface area contributed by atoms with E-state index in [0.717, 1.165) is 49.4 Å². The number of aliphatic carboxylic acids is 1. The Hall–Kier alpha value is -0.570. The van der Waals surface area contributed by atoms with Gasteiger partial charge in [0.25, 0.3) is 0 Å². The standard InChI is InChI=1S/C78H152O3/c1-3-5-7-9-11-13-15-17-19-21-22-23-24-25-26-30-34-38-42-50-56-62-68-76(78(80)81)77(79)69-63-57-51-43-39-35-31-27-29-33-37-41-47-53-59-65-73-71-75(73)67-61-55-49-45-44-48-54-60-66-74-70-72(74)64-58-52-46-40-36-32-28-20-18-16-14-12-10-8-6-4-2/h72-77,79H,3-71H2,1-2H3,(H,80,81)/t72?,73?,74?,75?,76-,77-/m1/s1. The van der Waals surface area contributed by atoms with Crippen molar-refractivity contribution in [3.8, 4) is 0 Å². The minimum absolute atomic E-state index is 0.581. The van der Waals surface area contributed by atoms with E-state index < -0.39 is 18.0 Å². The molecule has 2 aliphatic rings. The maximum absolute atomic E-state index is 12.0. The number of aliphatic hydroxyl groups is 1. The zero-order chi connectivity index (χ0) is 57.8. The zero-order valence-electron chi connectivity index (χ0n) is 56.1. The minimum atomic E-state index is -0.796. The molecule has 6 atom stereocenters. The molecule has 3 nitrogen and oxygen atoms in total.